The van der Waals surface area contributed by atoms with Crippen molar-refractivity contribution >= 4 is 11.9 Å². The molecule has 0 heterocycles. The van der Waals surface area contributed by atoms with Crippen LogP contribution in [0, 0.1) is 5.92 Å². The normalized spacial score (nSPS) is 11.9. The van der Waals surface area contributed by atoms with Crippen molar-refractivity contribution < 1.29 is 14.3 Å². The predicted octanol–water partition coefficient (Wildman–Crippen LogP) is 4.24. The third-order valence-electron chi connectivity index (χ3n) is 4.33. The van der Waals surface area contributed by atoms with Crippen molar-refractivity contribution in [3.63, 3.8) is 0 Å². The zero-order chi connectivity index (χ0) is 19.6. The maximum atomic E-state index is 12.0. The summed E-state index contributed by atoms with van der Waals surface area (Å²) in [5, 5.41) is 2.87. The quantitative estimate of drug-likeness (QED) is 0.675. The number of benzene rings is 2. The Balaban J connectivity index is 1.72. The highest BCUT2D eigenvalue weighted by atomic mass is 16.5. The molecule has 0 spiro atoms. The largest absolute Gasteiger partial charge is 0.456 e. The van der Waals surface area contributed by atoms with Crippen LogP contribution in [-0.2, 0) is 27.2 Å². The van der Waals surface area contributed by atoms with Gasteiger partial charge < -0.3 is 10.1 Å². The lowest BCUT2D eigenvalue weighted by molar-refractivity contribution is -0.148. The third-order valence-corrected chi connectivity index (χ3v) is 4.33. The summed E-state index contributed by atoms with van der Waals surface area (Å²) in [6.07, 6.45) is 1.92. The van der Waals surface area contributed by atoms with Crippen LogP contribution in [0.15, 0.2) is 54.6 Å². The number of carbonyl (C=O) groups excluding carboxylic acids is 2. The van der Waals surface area contributed by atoms with Gasteiger partial charge in [-0.3, -0.25) is 9.59 Å². The number of nitrogens with one attached hydrogen (secondary N) is 1. The minimum absolute atomic E-state index is 0.131. The van der Waals surface area contributed by atoms with E-state index < -0.39 is 0 Å². The van der Waals surface area contributed by atoms with E-state index in [1.807, 2.05) is 49.4 Å². The lowest BCUT2D eigenvalue weighted by atomic mass is 10.00. The van der Waals surface area contributed by atoms with Crippen LogP contribution in [-0.4, -0.2) is 18.5 Å². The first-order valence-corrected chi connectivity index (χ1v) is 9.51. The van der Waals surface area contributed by atoms with Gasteiger partial charge in [-0.2, -0.15) is 0 Å². The first kappa shape index (κ1) is 20.7. The molecule has 0 aromatic heterocycles. The standard InChI is InChI=1S/C23H29NO3/c1-17(2)15-20-9-12-21(13-10-20)18(3)24-22(25)16-27-23(26)14-11-19-7-5-4-6-8-19/h4-10,12-13,17-18H,11,14-16H2,1-3H3,(H,24,25). The molecule has 0 aliphatic rings. The van der Waals surface area contributed by atoms with Crippen LogP contribution < -0.4 is 5.32 Å². The van der Waals surface area contributed by atoms with Crippen LogP contribution in [0.25, 0.3) is 0 Å². The van der Waals surface area contributed by atoms with E-state index in [4.69, 9.17) is 4.74 Å². The monoisotopic (exact) mass is 367 g/mol. The number of aryl methyl sites for hydroxylation is 1. The van der Waals surface area contributed by atoms with E-state index in [-0.39, 0.29) is 30.9 Å². The van der Waals surface area contributed by atoms with E-state index in [1.54, 1.807) is 0 Å². The molecule has 2 rings (SSSR count). The fraction of sp³-hybridized carbons (Fsp3) is 0.391. The number of carbonyl (C=O) groups is 2. The average Bonchev–Trinajstić information content (AvgIpc) is 2.65. The molecule has 1 amide bonds. The van der Waals surface area contributed by atoms with Crippen molar-refractivity contribution in [3.05, 3.63) is 71.3 Å². The zero-order valence-electron chi connectivity index (χ0n) is 16.4. The van der Waals surface area contributed by atoms with Gasteiger partial charge in [-0.05, 0) is 42.4 Å². The van der Waals surface area contributed by atoms with Gasteiger partial charge in [0, 0.05) is 6.42 Å². The molecular formula is C23H29NO3. The predicted molar refractivity (Wildman–Crippen MR) is 107 cm³/mol. The molecule has 1 atom stereocenters. The SMILES string of the molecule is CC(C)Cc1ccc(C(C)NC(=O)COC(=O)CCc2ccccc2)cc1. The second-order valence-electron chi connectivity index (χ2n) is 7.28. The van der Waals surface area contributed by atoms with Crippen molar-refractivity contribution in [2.24, 2.45) is 5.92 Å². The highest BCUT2D eigenvalue weighted by Crippen LogP contribution is 2.15. The number of rotatable bonds is 9. The zero-order valence-corrected chi connectivity index (χ0v) is 16.4. The van der Waals surface area contributed by atoms with Gasteiger partial charge in [0.1, 0.15) is 0 Å². The molecule has 0 saturated heterocycles. The Hall–Kier alpha value is -2.62. The molecule has 1 N–H and O–H groups in total. The summed E-state index contributed by atoms with van der Waals surface area (Å²) in [6.45, 7) is 6.06. The van der Waals surface area contributed by atoms with Crippen LogP contribution in [0.3, 0.4) is 0 Å². The van der Waals surface area contributed by atoms with Crippen molar-refractivity contribution in [3.8, 4) is 0 Å². The van der Waals surface area contributed by atoms with E-state index in [0.717, 1.165) is 17.5 Å². The molecule has 2 aromatic carbocycles. The molecule has 0 bridgehead atoms. The summed E-state index contributed by atoms with van der Waals surface area (Å²) in [5.74, 6) is -0.0361. The smallest absolute Gasteiger partial charge is 0.306 e. The topological polar surface area (TPSA) is 55.4 Å². The Bertz CT molecular complexity index is 723. The maximum absolute atomic E-state index is 12.0. The second kappa shape index (κ2) is 10.5. The Kier molecular flexibility index (Phi) is 8.05. The fourth-order valence-corrected chi connectivity index (χ4v) is 2.89. The summed E-state index contributed by atoms with van der Waals surface area (Å²) in [5.41, 5.74) is 3.40. The Morgan fingerprint density at radius 1 is 0.926 bits per heavy atom. The van der Waals surface area contributed by atoms with E-state index in [9.17, 15) is 9.59 Å². The molecule has 4 heteroatoms. The number of amides is 1. The van der Waals surface area contributed by atoms with Crippen molar-refractivity contribution in [1.82, 2.24) is 5.32 Å². The maximum Gasteiger partial charge on any atom is 0.306 e. The molecule has 1 unspecified atom stereocenters. The summed E-state index contributed by atoms with van der Waals surface area (Å²) in [6, 6.07) is 17.9. The molecule has 0 radical (unpaired) electrons. The second-order valence-corrected chi connectivity index (χ2v) is 7.28. The van der Waals surface area contributed by atoms with Gasteiger partial charge in [-0.25, -0.2) is 0 Å². The first-order chi connectivity index (χ1) is 12.9. The van der Waals surface area contributed by atoms with E-state index in [0.29, 0.717) is 12.3 Å². The molecule has 27 heavy (non-hydrogen) atoms. The number of ether oxygens (including phenoxy) is 1. The Morgan fingerprint density at radius 2 is 1.59 bits per heavy atom. The Morgan fingerprint density at radius 3 is 2.22 bits per heavy atom. The highest BCUT2D eigenvalue weighted by Gasteiger charge is 2.12. The van der Waals surface area contributed by atoms with Crippen LogP contribution in [0.1, 0.15) is 49.9 Å². The van der Waals surface area contributed by atoms with Gasteiger partial charge in [0.15, 0.2) is 6.61 Å². The van der Waals surface area contributed by atoms with Gasteiger partial charge in [0.05, 0.1) is 6.04 Å². The van der Waals surface area contributed by atoms with Gasteiger partial charge in [-0.15, -0.1) is 0 Å². The summed E-state index contributed by atoms with van der Waals surface area (Å²) in [7, 11) is 0. The fourth-order valence-electron chi connectivity index (χ4n) is 2.89. The average molecular weight is 367 g/mol. The van der Waals surface area contributed by atoms with Crippen LogP contribution in [0.2, 0.25) is 0 Å². The van der Waals surface area contributed by atoms with Crippen LogP contribution in [0.5, 0.6) is 0 Å². The van der Waals surface area contributed by atoms with Gasteiger partial charge in [0.25, 0.3) is 5.91 Å². The van der Waals surface area contributed by atoms with Gasteiger partial charge >= 0.3 is 5.97 Å². The van der Waals surface area contributed by atoms with Gasteiger partial charge in [-0.1, -0.05) is 68.4 Å². The highest BCUT2D eigenvalue weighted by molar-refractivity contribution is 5.80. The van der Waals surface area contributed by atoms with Crippen molar-refractivity contribution in [2.45, 2.75) is 46.1 Å². The minimum Gasteiger partial charge on any atom is -0.456 e. The first-order valence-electron chi connectivity index (χ1n) is 9.51. The van der Waals surface area contributed by atoms with E-state index in [2.05, 4.69) is 31.3 Å². The van der Waals surface area contributed by atoms with Crippen LogP contribution in [0.4, 0.5) is 0 Å². The molecule has 0 saturated carbocycles. The lowest BCUT2D eigenvalue weighted by Gasteiger charge is -2.15. The van der Waals surface area contributed by atoms with Crippen molar-refractivity contribution in [1.29, 1.82) is 0 Å². The third kappa shape index (κ3) is 7.65. The molecular weight excluding hydrogens is 338 g/mol. The van der Waals surface area contributed by atoms with E-state index in [1.165, 1.54) is 5.56 Å². The number of esters is 1. The summed E-state index contributed by atoms with van der Waals surface area (Å²) in [4.78, 5) is 23.8. The Labute approximate surface area is 161 Å². The number of hydrogen-bond acceptors (Lipinski definition) is 3. The van der Waals surface area contributed by atoms with E-state index >= 15 is 0 Å². The minimum atomic E-state index is -0.361. The molecule has 144 valence electrons. The molecule has 0 fully saturated rings. The summed E-state index contributed by atoms with van der Waals surface area (Å²) < 4.78 is 5.07. The van der Waals surface area contributed by atoms with Crippen LogP contribution >= 0.6 is 0 Å². The molecule has 4 nitrogen and oxygen atoms in total. The van der Waals surface area contributed by atoms with Gasteiger partial charge in [0.2, 0.25) is 0 Å². The molecule has 2 aromatic rings. The summed E-state index contributed by atoms with van der Waals surface area (Å²) >= 11 is 0. The molecule has 0 aliphatic heterocycles. The lowest BCUT2D eigenvalue weighted by Crippen LogP contribution is -2.31. The van der Waals surface area contributed by atoms with Crippen molar-refractivity contribution in [2.75, 3.05) is 6.61 Å². The number of hydrogen-bond donors (Lipinski definition) is 1. The molecule has 0 aliphatic carbocycles.